The average Bonchev–Trinajstić information content (AvgIpc) is 3.23. The van der Waals surface area contributed by atoms with Crippen molar-refractivity contribution in [1.29, 1.82) is 0 Å². The summed E-state index contributed by atoms with van der Waals surface area (Å²) in [4.78, 5) is 26.2. The second-order valence-corrected chi connectivity index (χ2v) is 6.56. The highest BCUT2D eigenvalue weighted by atomic mass is 32.1. The van der Waals surface area contributed by atoms with Gasteiger partial charge < -0.3 is 10.2 Å². The Morgan fingerprint density at radius 1 is 1.07 bits per heavy atom. The average molecular weight is 402 g/mol. The fraction of sp³-hybridized carbons (Fsp3) is 0.158. The van der Waals surface area contributed by atoms with Crippen LogP contribution in [0.1, 0.15) is 21.6 Å². The quantitative estimate of drug-likeness (QED) is 0.660. The van der Waals surface area contributed by atoms with E-state index in [1.807, 2.05) is 0 Å². The van der Waals surface area contributed by atoms with Crippen molar-refractivity contribution in [2.24, 2.45) is 0 Å². The lowest BCUT2D eigenvalue weighted by atomic mass is 10.2. The smallest absolute Gasteiger partial charge is 0.276 e. The number of halogens is 2. The molecule has 0 unspecified atom stereocenters. The Bertz CT molecular complexity index is 949. The van der Waals surface area contributed by atoms with Crippen molar-refractivity contribution >= 4 is 23.3 Å². The highest BCUT2D eigenvalue weighted by Crippen LogP contribution is 2.13. The highest BCUT2D eigenvalue weighted by Gasteiger charge is 2.22. The molecule has 1 aromatic heterocycles. The molecule has 0 saturated heterocycles. The highest BCUT2D eigenvalue weighted by molar-refractivity contribution is 7.03. The van der Waals surface area contributed by atoms with E-state index in [-0.39, 0.29) is 36.7 Å². The van der Waals surface area contributed by atoms with E-state index in [4.69, 9.17) is 0 Å². The number of rotatable bonds is 7. The van der Waals surface area contributed by atoms with Crippen LogP contribution in [0.4, 0.5) is 8.78 Å². The van der Waals surface area contributed by atoms with Crippen LogP contribution in [0, 0.1) is 11.6 Å². The number of carbonyl (C=O) groups is 2. The van der Waals surface area contributed by atoms with Gasteiger partial charge in [0.15, 0.2) is 5.69 Å². The number of carbonyl (C=O) groups excluding carboxylic acids is 2. The van der Waals surface area contributed by atoms with Crippen molar-refractivity contribution < 1.29 is 18.4 Å². The molecular weight excluding hydrogens is 386 g/mol. The lowest BCUT2D eigenvalue weighted by Gasteiger charge is -2.21. The van der Waals surface area contributed by atoms with Crippen LogP contribution in [-0.4, -0.2) is 32.8 Å². The molecule has 0 aliphatic carbocycles. The second-order valence-electron chi connectivity index (χ2n) is 5.95. The molecule has 144 valence electrons. The third kappa shape index (κ3) is 5.17. The Morgan fingerprint density at radius 3 is 2.50 bits per heavy atom. The monoisotopic (exact) mass is 402 g/mol. The first-order chi connectivity index (χ1) is 13.5. The number of hydrogen-bond donors (Lipinski definition) is 1. The summed E-state index contributed by atoms with van der Waals surface area (Å²) in [5.74, 6) is -1.79. The van der Waals surface area contributed by atoms with Gasteiger partial charge in [0.05, 0.1) is 0 Å². The Hall–Kier alpha value is -3.20. The number of nitrogens with one attached hydrogen (secondary N) is 1. The Morgan fingerprint density at radius 2 is 1.82 bits per heavy atom. The standard InChI is InChI=1S/C19H16F2N4O2S/c20-15-7-5-13(6-8-15)9-22-18(26)11-25(19(27)17-12-28-24-23-17)10-14-3-1-2-4-16(14)21/h1-8,12H,9-11H2,(H,22,26). The van der Waals surface area contributed by atoms with Crippen molar-refractivity contribution in [2.45, 2.75) is 13.1 Å². The van der Waals surface area contributed by atoms with Gasteiger partial charge in [0.2, 0.25) is 5.91 Å². The van der Waals surface area contributed by atoms with Crippen LogP contribution in [0.25, 0.3) is 0 Å². The van der Waals surface area contributed by atoms with E-state index in [1.54, 1.807) is 30.3 Å². The van der Waals surface area contributed by atoms with Crippen molar-refractivity contribution in [3.05, 3.63) is 82.4 Å². The fourth-order valence-corrected chi connectivity index (χ4v) is 2.91. The lowest BCUT2D eigenvalue weighted by Crippen LogP contribution is -2.40. The van der Waals surface area contributed by atoms with Crippen molar-refractivity contribution in [2.75, 3.05) is 6.54 Å². The third-order valence-electron chi connectivity index (χ3n) is 3.92. The molecule has 0 radical (unpaired) electrons. The Labute approximate surface area is 164 Å². The van der Waals surface area contributed by atoms with Gasteiger partial charge in [-0.1, -0.05) is 34.8 Å². The predicted molar refractivity (Wildman–Crippen MR) is 99.3 cm³/mol. The molecule has 9 heteroatoms. The normalized spacial score (nSPS) is 10.5. The molecule has 0 bridgehead atoms. The maximum Gasteiger partial charge on any atom is 0.276 e. The van der Waals surface area contributed by atoms with Gasteiger partial charge in [-0.25, -0.2) is 8.78 Å². The van der Waals surface area contributed by atoms with Crippen molar-refractivity contribution in [3.8, 4) is 0 Å². The lowest BCUT2D eigenvalue weighted by molar-refractivity contribution is -0.122. The predicted octanol–water partition coefficient (Wildman–Crippen LogP) is 2.78. The van der Waals surface area contributed by atoms with Crippen LogP contribution in [0.5, 0.6) is 0 Å². The summed E-state index contributed by atoms with van der Waals surface area (Å²) in [6.45, 7) is -0.196. The van der Waals surface area contributed by atoms with Gasteiger partial charge in [0, 0.05) is 24.0 Å². The topological polar surface area (TPSA) is 75.2 Å². The van der Waals surface area contributed by atoms with E-state index in [1.165, 1.54) is 28.5 Å². The minimum atomic E-state index is -0.520. The van der Waals surface area contributed by atoms with E-state index < -0.39 is 17.6 Å². The number of amides is 2. The number of aromatic nitrogens is 2. The first kappa shape index (κ1) is 19.6. The van der Waals surface area contributed by atoms with Gasteiger partial charge in [-0.05, 0) is 35.3 Å². The zero-order chi connectivity index (χ0) is 19.9. The fourth-order valence-electron chi connectivity index (χ4n) is 2.48. The summed E-state index contributed by atoms with van der Waals surface area (Å²) in [5.41, 5.74) is 1.09. The van der Waals surface area contributed by atoms with E-state index in [0.717, 1.165) is 11.5 Å². The van der Waals surface area contributed by atoms with Crippen molar-refractivity contribution in [3.63, 3.8) is 0 Å². The SMILES string of the molecule is O=C(CN(Cc1ccccc1F)C(=O)c1csnn1)NCc1ccc(F)cc1. The molecule has 28 heavy (non-hydrogen) atoms. The van der Waals surface area contributed by atoms with Crippen LogP contribution in [0.2, 0.25) is 0 Å². The Balaban J connectivity index is 1.69. The maximum absolute atomic E-state index is 14.0. The molecule has 2 aromatic carbocycles. The molecule has 3 aromatic rings. The van der Waals surface area contributed by atoms with Crippen LogP contribution in [-0.2, 0) is 17.9 Å². The number of benzene rings is 2. The molecule has 6 nitrogen and oxygen atoms in total. The molecule has 0 spiro atoms. The summed E-state index contributed by atoms with van der Waals surface area (Å²) in [6, 6.07) is 11.7. The van der Waals surface area contributed by atoms with Crippen molar-refractivity contribution in [1.82, 2.24) is 19.8 Å². The molecule has 0 saturated carbocycles. The Kier molecular flexibility index (Phi) is 6.38. The van der Waals surface area contributed by atoms with Crippen LogP contribution >= 0.6 is 11.5 Å². The molecule has 0 aliphatic rings. The van der Waals surface area contributed by atoms with Gasteiger partial charge in [-0.2, -0.15) is 0 Å². The van der Waals surface area contributed by atoms with Crippen LogP contribution in [0.3, 0.4) is 0 Å². The molecule has 0 fully saturated rings. The zero-order valence-corrected chi connectivity index (χ0v) is 15.5. The summed E-state index contributed by atoms with van der Waals surface area (Å²) in [7, 11) is 0. The number of nitrogens with zero attached hydrogens (tertiary/aromatic N) is 3. The number of hydrogen-bond acceptors (Lipinski definition) is 5. The summed E-state index contributed by atoms with van der Waals surface area (Å²) < 4.78 is 30.6. The molecule has 1 N–H and O–H groups in total. The molecule has 0 aliphatic heterocycles. The van der Waals surface area contributed by atoms with Gasteiger partial charge in [0.25, 0.3) is 5.91 Å². The van der Waals surface area contributed by atoms with Gasteiger partial charge >= 0.3 is 0 Å². The summed E-state index contributed by atoms with van der Waals surface area (Å²) >= 11 is 1.01. The van der Waals surface area contributed by atoms with Gasteiger partial charge in [-0.3, -0.25) is 9.59 Å². The summed E-state index contributed by atoms with van der Waals surface area (Å²) in [5, 5.41) is 7.86. The van der Waals surface area contributed by atoms with Crippen LogP contribution in [0.15, 0.2) is 53.9 Å². The first-order valence-corrected chi connectivity index (χ1v) is 9.17. The summed E-state index contributed by atoms with van der Waals surface area (Å²) in [6.07, 6.45) is 0. The van der Waals surface area contributed by atoms with E-state index >= 15 is 0 Å². The molecule has 0 atom stereocenters. The maximum atomic E-state index is 14.0. The minimum absolute atomic E-state index is 0.0903. The molecule has 3 rings (SSSR count). The van der Waals surface area contributed by atoms with E-state index in [2.05, 4.69) is 14.9 Å². The minimum Gasteiger partial charge on any atom is -0.350 e. The van der Waals surface area contributed by atoms with E-state index in [0.29, 0.717) is 5.56 Å². The van der Waals surface area contributed by atoms with E-state index in [9.17, 15) is 18.4 Å². The molecule has 2 amide bonds. The molecule has 1 heterocycles. The second kappa shape index (κ2) is 9.14. The zero-order valence-electron chi connectivity index (χ0n) is 14.6. The molecular formula is C19H16F2N4O2S. The van der Waals surface area contributed by atoms with Crippen LogP contribution < -0.4 is 5.32 Å². The van der Waals surface area contributed by atoms with Gasteiger partial charge in [0.1, 0.15) is 18.2 Å². The van der Waals surface area contributed by atoms with Gasteiger partial charge in [-0.15, -0.1) is 5.10 Å². The largest absolute Gasteiger partial charge is 0.350 e. The third-order valence-corrected chi connectivity index (χ3v) is 4.43. The first-order valence-electron chi connectivity index (χ1n) is 8.34.